The molecular weight excluding hydrogens is 605 g/mol. The summed E-state index contributed by atoms with van der Waals surface area (Å²) < 4.78 is 4.89. The van der Waals surface area contributed by atoms with Gasteiger partial charge in [-0.15, -0.1) is 0 Å². The number of aromatic nitrogens is 2. The van der Waals surface area contributed by atoms with Gasteiger partial charge < -0.3 is 9.13 Å². The molecule has 0 saturated carbocycles. The Morgan fingerprint density at radius 2 is 0.720 bits per heavy atom. The lowest BCUT2D eigenvalue weighted by molar-refractivity contribution is 1.17. The van der Waals surface area contributed by atoms with E-state index in [4.69, 9.17) is 0 Å². The summed E-state index contributed by atoms with van der Waals surface area (Å²) in [6.07, 6.45) is 0. The molecule has 0 unspecified atom stereocenters. The summed E-state index contributed by atoms with van der Waals surface area (Å²) in [5.74, 6) is 0. The van der Waals surface area contributed by atoms with Crippen LogP contribution in [0.15, 0.2) is 194 Å². The van der Waals surface area contributed by atoms with Gasteiger partial charge in [-0.05, 0) is 75.8 Å². The van der Waals surface area contributed by atoms with Crippen molar-refractivity contribution < 1.29 is 0 Å². The van der Waals surface area contributed by atoms with Crippen molar-refractivity contribution in [3.63, 3.8) is 0 Å². The van der Waals surface area contributed by atoms with E-state index in [0.29, 0.717) is 0 Å². The average molecular weight is 637 g/mol. The Bertz CT molecular complexity index is 2820. The third-order valence-electron chi connectivity index (χ3n) is 10.2. The monoisotopic (exact) mass is 636 g/mol. The number of fused-ring (bicyclic) bond motifs is 7. The maximum atomic E-state index is 2.46. The molecule has 0 radical (unpaired) electrons. The van der Waals surface area contributed by atoms with Crippen molar-refractivity contribution in [1.29, 1.82) is 0 Å². The molecule has 0 bridgehead atoms. The van der Waals surface area contributed by atoms with E-state index < -0.39 is 0 Å². The summed E-state index contributed by atoms with van der Waals surface area (Å²) in [6.45, 7) is 0. The Morgan fingerprint density at radius 3 is 1.38 bits per heavy atom. The highest BCUT2D eigenvalue weighted by atomic mass is 15.0. The molecule has 0 N–H and O–H groups in total. The molecule has 0 saturated heterocycles. The third-order valence-corrected chi connectivity index (χ3v) is 10.2. The van der Waals surface area contributed by atoms with E-state index in [1.165, 1.54) is 77.0 Å². The lowest BCUT2D eigenvalue weighted by atomic mass is 9.94. The Balaban J connectivity index is 1.18. The van der Waals surface area contributed by atoms with Gasteiger partial charge in [-0.25, -0.2) is 0 Å². The molecule has 0 amide bonds. The van der Waals surface area contributed by atoms with Gasteiger partial charge in [-0.2, -0.15) is 0 Å². The van der Waals surface area contributed by atoms with Gasteiger partial charge >= 0.3 is 0 Å². The SMILES string of the molecule is c1ccc(-c2ccc(-n3c4ccccc4c4ccc5c(c6ccccc6n5-c5ccc(-c6ccccc6-c6ccccc6)cc5)c43)cc2)cc1. The lowest BCUT2D eigenvalue weighted by Gasteiger charge is -2.13. The smallest absolute Gasteiger partial charge is 0.0641 e. The first-order valence-corrected chi connectivity index (χ1v) is 17.2. The second-order valence-corrected chi connectivity index (χ2v) is 12.9. The fraction of sp³-hybridized carbons (Fsp3) is 0. The molecule has 0 atom stereocenters. The molecule has 10 rings (SSSR count). The summed E-state index contributed by atoms with van der Waals surface area (Å²) in [4.78, 5) is 0. The predicted octanol–water partition coefficient (Wildman–Crippen LogP) is 12.9. The molecule has 50 heavy (non-hydrogen) atoms. The maximum absolute atomic E-state index is 2.46. The minimum atomic E-state index is 1.14. The molecule has 8 aromatic carbocycles. The van der Waals surface area contributed by atoms with Crippen LogP contribution >= 0.6 is 0 Å². The van der Waals surface area contributed by atoms with E-state index in [2.05, 4.69) is 203 Å². The van der Waals surface area contributed by atoms with Crippen LogP contribution in [0.3, 0.4) is 0 Å². The van der Waals surface area contributed by atoms with Crippen molar-refractivity contribution in [2.24, 2.45) is 0 Å². The summed E-state index contributed by atoms with van der Waals surface area (Å²) in [5, 5.41) is 5.03. The molecule has 0 fully saturated rings. The third kappa shape index (κ3) is 4.43. The van der Waals surface area contributed by atoms with Crippen molar-refractivity contribution in [3.05, 3.63) is 194 Å². The van der Waals surface area contributed by atoms with Crippen molar-refractivity contribution >= 4 is 43.6 Å². The first-order valence-electron chi connectivity index (χ1n) is 17.2. The minimum Gasteiger partial charge on any atom is -0.309 e. The first kappa shape index (κ1) is 28.4. The van der Waals surface area contributed by atoms with Gasteiger partial charge in [0.2, 0.25) is 0 Å². The fourth-order valence-corrected chi connectivity index (χ4v) is 7.88. The number of benzene rings is 8. The molecule has 0 spiro atoms. The number of para-hydroxylation sites is 2. The van der Waals surface area contributed by atoms with Crippen LogP contribution in [-0.4, -0.2) is 9.13 Å². The average Bonchev–Trinajstić information content (AvgIpc) is 3.72. The first-order chi connectivity index (χ1) is 24.8. The Labute approximate surface area is 290 Å². The highest BCUT2D eigenvalue weighted by molar-refractivity contribution is 6.26. The molecule has 0 aliphatic heterocycles. The summed E-state index contributed by atoms with van der Waals surface area (Å²) in [7, 11) is 0. The van der Waals surface area contributed by atoms with E-state index in [9.17, 15) is 0 Å². The van der Waals surface area contributed by atoms with Crippen molar-refractivity contribution in [3.8, 4) is 44.8 Å². The fourth-order valence-electron chi connectivity index (χ4n) is 7.88. The number of hydrogen-bond donors (Lipinski definition) is 0. The van der Waals surface area contributed by atoms with Crippen LogP contribution in [0.4, 0.5) is 0 Å². The van der Waals surface area contributed by atoms with Crippen LogP contribution in [0.2, 0.25) is 0 Å². The molecule has 2 heterocycles. The zero-order chi connectivity index (χ0) is 33.0. The number of hydrogen-bond acceptors (Lipinski definition) is 0. The van der Waals surface area contributed by atoms with Crippen LogP contribution < -0.4 is 0 Å². The lowest BCUT2D eigenvalue weighted by Crippen LogP contribution is -1.95. The van der Waals surface area contributed by atoms with Crippen molar-refractivity contribution in [2.75, 3.05) is 0 Å². The summed E-state index contributed by atoms with van der Waals surface area (Å²) in [5.41, 5.74) is 14.5. The molecular formula is C48H32N2. The highest BCUT2D eigenvalue weighted by Crippen LogP contribution is 2.42. The van der Waals surface area contributed by atoms with Crippen LogP contribution in [-0.2, 0) is 0 Å². The predicted molar refractivity (Wildman–Crippen MR) is 211 cm³/mol. The molecule has 0 aliphatic carbocycles. The topological polar surface area (TPSA) is 9.86 Å². The van der Waals surface area contributed by atoms with Crippen LogP contribution in [0.5, 0.6) is 0 Å². The van der Waals surface area contributed by atoms with Gasteiger partial charge in [0.05, 0.1) is 22.1 Å². The maximum Gasteiger partial charge on any atom is 0.0641 e. The van der Waals surface area contributed by atoms with E-state index in [1.54, 1.807) is 0 Å². The number of rotatable bonds is 5. The summed E-state index contributed by atoms with van der Waals surface area (Å²) >= 11 is 0. The molecule has 2 nitrogen and oxygen atoms in total. The van der Waals surface area contributed by atoms with Gasteiger partial charge in [-0.1, -0.05) is 152 Å². The van der Waals surface area contributed by atoms with Gasteiger partial charge in [-0.3, -0.25) is 0 Å². The zero-order valence-corrected chi connectivity index (χ0v) is 27.4. The van der Waals surface area contributed by atoms with Gasteiger partial charge in [0.25, 0.3) is 0 Å². The molecule has 2 aromatic heterocycles. The molecule has 234 valence electrons. The van der Waals surface area contributed by atoms with E-state index in [1.807, 2.05) is 0 Å². The van der Waals surface area contributed by atoms with Gasteiger partial charge in [0.15, 0.2) is 0 Å². The van der Waals surface area contributed by atoms with E-state index in [0.717, 1.165) is 11.4 Å². The standard InChI is InChI=1S/C48H32N2/c1-3-13-33(14-4-1)34-23-27-38(28-24-34)50-44-21-11-9-19-41(44)42-31-32-46-47(48(42)50)43-20-10-12-22-45(43)49(46)37-29-25-36(26-30-37)40-18-8-7-17-39(40)35-15-5-2-6-16-35/h1-32H. The van der Waals surface area contributed by atoms with Crippen LogP contribution in [0.25, 0.3) is 88.4 Å². The Hall–Kier alpha value is -6.64. The highest BCUT2D eigenvalue weighted by Gasteiger charge is 2.21. The van der Waals surface area contributed by atoms with Crippen molar-refractivity contribution in [2.45, 2.75) is 0 Å². The minimum absolute atomic E-state index is 1.14. The molecule has 10 aromatic rings. The second kappa shape index (κ2) is 11.5. The zero-order valence-electron chi connectivity index (χ0n) is 27.4. The van der Waals surface area contributed by atoms with Gasteiger partial charge in [0, 0.05) is 32.9 Å². The Morgan fingerprint density at radius 1 is 0.260 bits per heavy atom. The molecule has 2 heteroatoms. The summed E-state index contributed by atoms with van der Waals surface area (Å²) in [6, 6.07) is 70.3. The number of nitrogens with zero attached hydrogens (tertiary/aromatic N) is 2. The second-order valence-electron chi connectivity index (χ2n) is 12.9. The molecule has 0 aliphatic rings. The largest absolute Gasteiger partial charge is 0.309 e. The Kier molecular flexibility index (Phi) is 6.53. The van der Waals surface area contributed by atoms with Crippen molar-refractivity contribution in [1.82, 2.24) is 9.13 Å². The van der Waals surface area contributed by atoms with E-state index in [-0.39, 0.29) is 0 Å². The normalized spacial score (nSPS) is 11.6. The van der Waals surface area contributed by atoms with E-state index >= 15 is 0 Å². The van der Waals surface area contributed by atoms with Crippen LogP contribution in [0, 0.1) is 0 Å². The van der Waals surface area contributed by atoms with Gasteiger partial charge in [0.1, 0.15) is 0 Å². The quantitative estimate of drug-likeness (QED) is 0.178. The van der Waals surface area contributed by atoms with Crippen LogP contribution in [0.1, 0.15) is 0 Å².